The normalized spacial score (nSPS) is 20.5. The van der Waals surface area contributed by atoms with E-state index in [1.807, 2.05) is 24.4 Å². The summed E-state index contributed by atoms with van der Waals surface area (Å²) in [4.78, 5) is 0. The molecule has 3 heteroatoms. The van der Waals surface area contributed by atoms with Crippen molar-refractivity contribution in [3.05, 3.63) is 35.5 Å². The first-order valence-electron chi connectivity index (χ1n) is 5.33. The first kappa shape index (κ1) is 8.80. The lowest BCUT2D eigenvalue weighted by Crippen LogP contribution is -2.06. The van der Waals surface area contributed by atoms with Crippen molar-refractivity contribution in [3.63, 3.8) is 0 Å². The van der Waals surface area contributed by atoms with Gasteiger partial charge in [-0.05, 0) is 36.5 Å². The lowest BCUT2D eigenvalue weighted by molar-refractivity contribution is 0.167. The Bertz CT molecular complexity index is 516. The summed E-state index contributed by atoms with van der Waals surface area (Å²) in [6.07, 6.45) is 4.52. The van der Waals surface area contributed by atoms with Gasteiger partial charge in [0.2, 0.25) is 0 Å². The van der Waals surface area contributed by atoms with Gasteiger partial charge in [-0.2, -0.15) is 0 Å². The van der Waals surface area contributed by atoms with Crippen molar-refractivity contribution >= 4 is 10.9 Å². The summed E-state index contributed by atoms with van der Waals surface area (Å²) in [6, 6.07) is 5.96. The van der Waals surface area contributed by atoms with Crippen LogP contribution in [0.15, 0.2) is 24.4 Å². The highest BCUT2D eigenvalue weighted by Gasteiger charge is 2.19. The van der Waals surface area contributed by atoms with Crippen molar-refractivity contribution < 1.29 is 5.11 Å². The molecule has 0 radical (unpaired) electrons. The summed E-state index contributed by atoms with van der Waals surface area (Å²) < 4.78 is 1.66. The standard InChI is InChI=1S/C12H14N2O/c13-14-7-8-3-1-6-11(15)9-4-2-5-10(14)12(8)9/h2,4-5,7,11,15H,1,3,6,13H2/t11-/m0/s1. The van der Waals surface area contributed by atoms with Crippen LogP contribution in [0.5, 0.6) is 0 Å². The van der Waals surface area contributed by atoms with Gasteiger partial charge in [-0.15, -0.1) is 0 Å². The molecule has 0 saturated heterocycles. The average Bonchev–Trinajstić information content (AvgIpc) is 2.46. The van der Waals surface area contributed by atoms with Gasteiger partial charge >= 0.3 is 0 Å². The van der Waals surface area contributed by atoms with E-state index in [4.69, 9.17) is 5.84 Å². The Kier molecular flexibility index (Phi) is 1.76. The molecule has 1 aliphatic carbocycles. The van der Waals surface area contributed by atoms with Crippen LogP contribution in [0, 0.1) is 0 Å². The molecular formula is C12H14N2O. The van der Waals surface area contributed by atoms with Crippen LogP contribution in [0.4, 0.5) is 0 Å². The van der Waals surface area contributed by atoms with Gasteiger partial charge in [0.05, 0.1) is 11.6 Å². The average molecular weight is 202 g/mol. The first-order chi connectivity index (χ1) is 7.27. The number of hydrogen-bond acceptors (Lipinski definition) is 2. The smallest absolute Gasteiger partial charge is 0.0796 e. The van der Waals surface area contributed by atoms with E-state index in [9.17, 15) is 5.11 Å². The minimum atomic E-state index is -0.336. The number of nitrogen functional groups attached to an aromatic ring is 1. The number of aliphatic hydroxyl groups excluding tert-OH is 1. The van der Waals surface area contributed by atoms with Crippen LogP contribution in [-0.4, -0.2) is 9.78 Å². The number of nitrogens with two attached hydrogens (primary N) is 1. The van der Waals surface area contributed by atoms with Crippen molar-refractivity contribution in [2.45, 2.75) is 25.4 Å². The van der Waals surface area contributed by atoms with E-state index in [0.717, 1.165) is 35.7 Å². The van der Waals surface area contributed by atoms with Crippen LogP contribution in [0.25, 0.3) is 10.9 Å². The van der Waals surface area contributed by atoms with Crippen LogP contribution in [0.2, 0.25) is 0 Å². The number of hydrogen-bond donors (Lipinski definition) is 2. The lowest BCUT2D eigenvalue weighted by atomic mass is 10.0. The molecule has 0 fully saturated rings. The van der Waals surface area contributed by atoms with Crippen LogP contribution in [0.3, 0.4) is 0 Å². The van der Waals surface area contributed by atoms with Gasteiger partial charge in [-0.3, -0.25) is 4.68 Å². The Morgan fingerprint density at radius 1 is 1.40 bits per heavy atom. The van der Waals surface area contributed by atoms with Gasteiger partial charge in [0, 0.05) is 11.6 Å². The van der Waals surface area contributed by atoms with Crippen LogP contribution in [0.1, 0.15) is 30.1 Å². The van der Waals surface area contributed by atoms with Crippen LogP contribution < -0.4 is 5.84 Å². The molecule has 0 aliphatic heterocycles. The van der Waals surface area contributed by atoms with E-state index in [-0.39, 0.29) is 6.10 Å². The number of rotatable bonds is 0. The van der Waals surface area contributed by atoms with Gasteiger partial charge in [0.15, 0.2) is 0 Å². The van der Waals surface area contributed by atoms with E-state index < -0.39 is 0 Å². The van der Waals surface area contributed by atoms with Crippen LogP contribution >= 0.6 is 0 Å². The van der Waals surface area contributed by atoms with Gasteiger partial charge in [-0.1, -0.05) is 12.1 Å². The van der Waals surface area contributed by atoms with Crippen molar-refractivity contribution in [2.24, 2.45) is 0 Å². The fourth-order valence-corrected chi connectivity index (χ4v) is 2.53. The molecule has 1 heterocycles. The first-order valence-corrected chi connectivity index (χ1v) is 5.33. The van der Waals surface area contributed by atoms with E-state index >= 15 is 0 Å². The molecule has 15 heavy (non-hydrogen) atoms. The minimum absolute atomic E-state index is 0.336. The molecule has 1 aromatic heterocycles. The fourth-order valence-electron chi connectivity index (χ4n) is 2.53. The molecule has 3 nitrogen and oxygen atoms in total. The molecule has 0 spiro atoms. The van der Waals surface area contributed by atoms with Gasteiger partial charge in [0.25, 0.3) is 0 Å². The second-order valence-corrected chi connectivity index (χ2v) is 4.21. The molecule has 1 aromatic carbocycles. The van der Waals surface area contributed by atoms with Gasteiger partial charge in [-0.25, -0.2) is 0 Å². The summed E-state index contributed by atoms with van der Waals surface area (Å²) in [5, 5.41) is 11.2. The quantitative estimate of drug-likeness (QED) is 0.639. The number of benzene rings is 1. The Morgan fingerprint density at radius 3 is 3.13 bits per heavy atom. The van der Waals surface area contributed by atoms with Crippen molar-refractivity contribution in [1.82, 2.24) is 4.68 Å². The van der Waals surface area contributed by atoms with E-state index in [0.29, 0.717) is 0 Å². The second-order valence-electron chi connectivity index (χ2n) is 4.21. The third-order valence-corrected chi connectivity index (χ3v) is 3.25. The molecular weight excluding hydrogens is 188 g/mol. The Morgan fingerprint density at radius 2 is 2.27 bits per heavy atom. The fraction of sp³-hybridized carbons (Fsp3) is 0.333. The zero-order chi connectivity index (χ0) is 10.4. The minimum Gasteiger partial charge on any atom is -0.388 e. The number of nitrogens with zero attached hydrogens (tertiary/aromatic N) is 1. The molecule has 0 unspecified atom stereocenters. The Balaban J connectivity index is 2.41. The molecule has 0 saturated carbocycles. The summed E-state index contributed by atoms with van der Waals surface area (Å²) >= 11 is 0. The Hall–Kier alpha value is -1.48. The molecule has 0 amide bonds. The monoisotopic (exact) mass is 202 g/mol. The highest BCUT2D eigenvalue weighted by atomic mass is 16.3. The zero-order valence-corrected chi connectivity index (χ0v) is 8.48. The van der Waals surface area contributed by atoms with Crippen molar-refractivity contribution in [3.8, 4) is 0 Å². The maximum absolute atomic E-state index is 10.0. The highest BCUT2D eigenvalue weighted by Crippen LogP contribution is 2.34. The zero-order valence-electron chi connectivity index (χ0n) is 8.48. The van der Waals surface area contributed by atoms with Gasteiger partial charge < -0.3 is 10.9 Å². The predicted octanol–water partition coefficient (Wildman–Crippen LogP) is 1.72. The Labute approximate surface area is 88.1 Å². The van der Waals surface area contributed by atoms with E-state index in [1.165, 1.54) is 5.56 Å². The third-order valence-electron chi connectivity index (χ3n) is 3.25. The third kappa shape index (κ3) is 1.16. The summed E-state index contributed by atoms with van der Waals surface area (Å²) in [6.45, 7) is 0. The SMILES string of the molecule is Nn1cc2c3c(cccc31)[C@@H](O)CCC2. The molecule has 1 atom stereocenters. The van der Waals surface area contributed by atoms with E-state index in [1.54, 1.807) is 4.68 Å². The highest BCUT2D eigenvalue weighted by molar-refractivity contribution is 5.88. The molecule has 3 rings (SSSR count). The molecule has 1 aliphatic rings. The summed E-state index contributed by atoms with van der Waals surface area (Å²) in [5.41, 5.74) is 3.31. The van der Waals surface area contributed by atoms with Gasteiger partial charge in [0.1, 0.15) is 0 Å². The molecule has 2 aromatic rings. The largest absolute Gasteiger partial charge is 0.388 e. The molecule has 0 bridgehead atoms. The topological polar surface area (TPSA) is 51.2 Å². The van der Waals surface area contributed by atoms with E-state index in [2.05, 4.69) is 0 Å². The lowest BCUT2D eigenvalue weighted by Gasteiger charge is -2.09. The summed E-state index contributed by atoms with van der Waals surface area (Å²) in [5.74, 6) is 5.88. The molecule has 78 valence electrons. The predicted molar refractivity (Wildman–Crippen MR) is 60.0 cm³/mol. The van der Waals surface area contributed by atoms with Crippen LogP contribution in [-0.2, 0) is 6.42 Å². The number of aryl methyl sites for hydroxylation is 1. The summed E-state index contributed by atoms with van der Waals surface area (Å²) in [7, 11) is 0. The number of aliphatic hydroxyl groups is 1. The molecule has 3 N–H and O–H groups in total. The van der Waals surface area contributed by atoms with Crippen molar-refractivity contribution in [1.29, 1.82) is 0 Å². The number of aromatic nitrogens is 1. The maximum atomic E-state index is 10.0. The second kappa shape index (κ2) is 3.00. The van der Waals surface area contributed by atoms with Crippen molar-refractivity contribution in [2.75, 3.05) is 5.84 Å². The maximum Gasteiger partial charge on any atom is 0.0796 e.